The lowest BCUT2D eigenvalue weighted by atomic mass is 9.97. The zero-order chi connectivity index (χ0) is 38.9. The number of nitrogens with zero attached hydrogens (tertiary/aromatic N) is 1. The van der Waals surface area contributed by atoms with E-state index in [0.717, 1.165) is 5.56 Å². The molecule has 3 aromatic rings. The zero-order valence-electron chi connectivity index (χ0n) is 31.6. The van der Waals surface area contributed by atoms with E-state index in [1.165, 1.54) is 7.11 Å². The van der Waals surface area contributed by atoms with E-state index >= 15 is 0 Å². The molecule has 0 bridgehead atoms. The Morgan fingerprint density at radius 3 is 2.30 bits per heavy atom. The minimum atomic E-state index is -1.05. The summed E-state index contributed by atoms with van der Waals surface area (Å²) in [6, 6.07) is 14.8. The zero-order valence-corrected chi connectivity index (χ0v) is 31.6. The van der Waals surface area contributed by atoms with Gasteiger partial charge in [0.2, 0.25) is 17.7 Å². The Morgan fingerprint density at radius 2 is 1.68 bits per heavy atom. The molecule has 1 aliphatic rings. The van der Waals surface area contributed by atoms with E-state index in [-0.39, 0.29) is 24.5 Å². The minimum Gasteiger partial charge on any atom is -0.497 e. The summed E-state index contributed by atoms with van der Waals surface area (Å²) in [7, 11) is 2.77. The highest BCUT2D eigenvalue weighted by atomic mass is 16.6. The van der Waals surface area contributed by atoms with Gasteiger partial charge in [-0.1, -0.05) is 57.5 Å². The van der Waals surface area contributed by atoms with E-state index in [4.69, 9.17) is 19.2 Å². The van der Waals surface area contributed by atoms with Crippen LogP contribution in [-0.2, 0) is 33.4 Å². The number of esters is 2. The number of methoxy groups -OCH3 is 2. The fraction of sp³-hybridized carbons (Fsp3) is 0.450. The average Bonchev–Trinajstić information content (AvgIpc) is 3.55. The molecule has 4 rings (SSSR count). The summed E-state index contributed by atoms with van der Waals surface area (Å²) < 4.78 is 22.2. The lowest BCUT2D eigenvalue weighted by Gasteiger charge is -2.26. The Kier molecular flexibility index (Phi) is 13.6. The third kappa shape index (κ3) is 10.8. The summed E-state index contributed by atoms with van der Waals surface area (Å²) in [6.45, 7) is 10.2. The molecule has 0 saturated carbocycles. The SMILES string of the molecule is CCC[C@H](NC(=O)[C@H]1CC(Oc2cc(-c3ccccc3)nc3cc(OC)ccc23)C=C1C(=O)NC(C(=O)NCC(=O)OC)C(C)C)C(=O)OC(C)(C)C. The van der Waals surface area contributed by atoms with Crippen LogP contribution in [0.2, 0.25) is 0 Å². The summed E-state index contributed by atoms with van der Waals surface area (Å²) >= 11 is 0. The Labute approximate surface area is 310 Å². The van der Waals surface area contributed by atoms with Crippen LogP contribution >= 0.6 is 0 Å². The maximum Gasteiger partial charge on any atom is 0.329 e. The molecule has 3 N–H and O–H groups in total. The number of rotatable bonds is 15. The first kappa shape index (κ1) is 40.3. The normalized spacial score (nSPS) is 16.6. The highest BCUT2D eigenvalue weighted by Crippen LogP contribution is 2.36. The van der Waals surface area contributed by atoms with Crippen LogP contribution in [0.3, 0.4) is 0 Å². The predicted molar refractivity (Wildman–Crippen MR) is 199 cm³/mol. The summed E-state index contributed by atoms with van der Waals surface area (Å²) in [5.74, 6) is -3.39. The maximum atomic E-state index is 14.0. The van der Waals surface area contributed by atoms with Crippen LogP contribution in [0.25, 0.3) is 22.2 Å². The second-order valence-electron chi connectivity index (χ2n) is 14.2. The highest BCUT2D eigenvalue weighted by molar-refractivity contribution is 6.03. The van der Waals surface area contributed by atoms with E-state index in [9.17, 15) is 24.0 Å². The van der Waals surface area contributed by atoms with Gasteiger partial charge in [-0.05, 0) is 51.3 Å². The van der Waals surface area contributed by atoms with Crippen LogP contribution in [0.4, 0.5) is 0 Å². The molecule has 3 amide bonds. The average molecular weight is 731 g/mol. The van der Waals surface area contributed by atoms with Gasteiger partial charge in [-0.3, -0.25) is 19.2 Å². The van der Waals surface area contributed by atoms with Gasteiger partial charge in [-0.2, -0.15) is 0 Å². The second kappa shape index (κ2) is 17.8. The van der Waals surface area contributed by atoms with Crippen molar-refractivity contribution in [2.75, 3.05) is 20.8 Å². The molecule has 1 aromatic heterocycles. The van der Waals surface area contributed by atoms with Crippen molar-refractivity contribution >= 4 is 40.6 Å². The number of benzene rings is 2. The first-order valence-electron chi connectivity index (χ1n) is 17.7. The molecule has 0 saturated heterocycles. The Balaban J connectivity index is 1.70. The largest absolute Gasteiger partial charge is 0.497 e. The second-order valence-corrected chi connectivity index (χ2v) is 14.2. The minimum absolute atomic E-state index is 0.0588. The van der Waals surface area contributed by atoms with Crippen LogP contribution in [-0.4, -0.2) is 79.2 Å². The van der Waals surface area contributed by atoms with E-state index in [1.54, 1.807) is 59.9 Å². The van der Waals surface area contributed by atoms with Gasteiger partial charge < -0.3 is 34.9 Å². The number of hydrogen-bond acceptors (Lipinski definition) is 10. The number of carbonyl (C=O) groups excluding carboxylic acids is 5. The molecule has 13 nitrogen and oxygen atoms in total. The van der Waals surface area contributed by atoms with E-state index < -0.39 is 59.4 Å². The van der Waals surface area contributed by atoms with Gasteiger partial charge in [-0.25, -0.2) is 9.78 Å². The van der Waals surface area contributed by atoms with Crippen molar-refractivity contribution in [2.45, 2.75) is 84.6 Å². The molecule has 1 heterocycles. The smallest absolute Gasteiger partial charge is 0.329 e. The molecule has 13 heteroatoms. The highest BCUT2D eigenvalue weighted by Gasteiger charge is 2.40. The lowest BCUT2D eigenvalue weighted by molar-refractivity contribution is -0.159. The van der Waals surface area contributed by atoms with Crippen molar-refractivity contribution < 1.29 is 42.9 Å². The van der Waals surface area contributed by atoms with Gasteiger partial charge in [0.25, 0.3) is 0 Å². The van der Waals surface area contributed by atoms with Gasteiger partial charge in [0.15, 0.2) is 0 Å². The number of fused-ring (bicyclic) bond motifs is 1. The Morgan fingerprint density at radius 1 is 0.962 bits per heavy atom. The Hall–Kier alpha value is -5.46. The maximum absolute atomic E-state index is 14.0. The molecule has 1 aliphatic carbocycles. The standard InChI is InChI=1S/C40H50N4O9/c1-9-13-30(39(49)53-40(4,5)6)43-36(46)28-18-26(19-29(28)37(47)44-35(23(2)3)38(48)41-22-34(45)51-8)52-33-21-31(24-14-11-10-12-15-24)42-32-20-25(50-7)16-17-27(32)33/h10-12,14-17,19-21,23,26,28,30,35H,9,13,18,22H2,1-8H3,(H,41,48)(H,43,46)(H,44,47)/t26?,28-,30-,35?/m0/s1. The quantitative estimate of drug-likeness (QED) is 0.187. The van der Waals surface area contributed by atoms with E-state index in [1.807, 2.05) is 49.4 Å². The predicted octanol–water partition coefficient (Wildman–Crippen LogP) is 4.66. The van der Waals surface area contributed by atoms with Crippen molar-refractivity contribution in [1.82, 2.24) is 20.9 Å². The molecule has 2 aromatic carbocycles. The van der Waals surface area contributed by atoms with Gasteiger partial charge in [-0.15, -0.1) is 0 Å². The van der Waals surface area contributed by atoms with Crippen molar-refractivity contribution in [1.29, 1.82) is 0 Å². The fourth-order valence-electron chi connectivity index (χ4n) is 5.91. The number of pyridine rings is 1. The van der Waals surface area contributed by atoms with Gasteiger partial charge in [0.05, 0.1) is 31.3 Å². The number of nitrogens with one attached hydrogen (secondary N) is 3. The van der Waals surface area contributed by atoms with Crippen LogP contribution in [0.5, 0.6) is 11.5 Å². The third-order valence-electron chi connectivity index (χ3n) is 8.57. The van der Waals surface area contributed by atoms with Crippen molar-refractivity contribution in [2.24, 2.45) is 11.8 Å². The van der Waals surface area contributed by atoms with Crippen LogP contribution in [0.15, 0.2) is 66.2 Å². The summed E-state index contributed by atoms with van der Waals surface area (Å²) in [4.78, 5) is 70.8. The van der Waals surface area contributed by atoms with E-state index in [0.29, 0.717) is 40.9 Å². The molecule has 0 spiro atoms. The number of carbonyl (C=O) groups is 5. The molecular formula is C40H50N4O9. The van der Waals surface area contributed by atoms with Crippen molar-refractivity contribution in [3.05, 3.63) is 66.2 Å². The van der Waals surface area contributed by atoms with Gasteiger partial charge >= 0.3 is 11.9 Å². The molecular weight excluding hydrogens is 680 g/mol. The fourth-order valence-corrected chi connectivity index (χ4v) is 5.91. The lowest BCUT2D eigenvalue weighted by Crippen LogP contribution is -2.52. The van der Waals surface area contributed by atoms with Crippen molar-refractivity contribution in [3.8, 4) is 22.8 Å². The number of amides is 3. The van der Waals surface area contributed by atoms with Gasteiger partial charge in [0.1, 0.15) is 41.8 Å². The van der Waals surface area contributed by atoms with Gasteiger partial charge in [0, 0.05) is 35.1 Å². The number of aromatic nitrogens is 1. The third-order valence-corrected chi connectivity index (χ3v) is 8.57. The number of ether oxygens (including phenoxy) is 4. The molecule has 53 heavy (non-hydrogen) atoms. The topological polar surface area (TPSA) is 171 Å². The molecule has 4 atom stereocenters. The summed E-state index contributed by atoms with van der Waals surface area (Å²) in [5, 5.41) is 8.74. The van der Waals surface area contributed by atoms with Crippen LogP contribution < -0.4 is 25.4 Å². The van der Waals surface area contributed by atoms with E-state index in [2.05, 4.69) is 20.7 Å². The first-order valence-corrected chi connectivity index (χ1v) is 17.7. The molecule has 284 valence electrons. The van der Waals surface area contributed by atoms with Crippen molar-refractivity contribution in [3.63, 3.8) is 0 Å². The number of hydrogen-bond donors (Lipinski definition) is 3. The molecule has 2 unspecified atom stereocenters. The molecule has 0 aliphatic heterocycles. The molecule has 0 radical (unpaired) electrons. The van der Waals surface area contributed by atoms with Crippen LogP contribution in [0.1, 0.15) is 60.8 Å². The summed E-state index contributed by atoms with van der Waals surface area (Å²) in [6.07, 6.45) is 1.78. The van der Waals surface area contributed by atoms with Crippen LogP contribution in [0, 0.1) is 11.8 Å². The monoisotopic (exact) mass is 730 g/mol. The first-order chi connectivity index (χ1) is 25.1. The molecule has 0 fully saturated rings. The Bertz CT molecular complexity index is 1830. The summed E-state index contributed by atoms with van der Waals surface area (Å²) in [5.41, 5.74) is 1.42.